The first-order valence-corrected chi connectivity index (χ1v) is 8.72. The predicted molar refractivity (Wildman–Crippen MR) is 87.4 cm³/mol. The topological polar surface area (TPSA) is 59.8 Å². The molecule has 0 saturated heterocycles. The van der Waals surface area contributed by atoms with Gasteiger partial charge in [-0.2, -0.15) is 0 Å². The van der Waals surface area contributed by atoms with Gasteiger partial charge in [-0.05, 0) is 18.6 Å². The van der Waals surface area contributed by atoms with Gasteiger partial charge in [-0.15, -0.1) is 10.2 Å². The molecule has 1 aromatic rings. The van der Waals surface area contributed by atoms with Gasteiger partial charge in [0.15, 0.2) is 5.16 Å². The Morgan fingerprint density at radius 1 is 1.33 bits per heavy atom. The van der Waals surface area contributed by atoms with Crippen molar-refractivity contribution < 1.29 is 4.79 Å². The third kappa shape index (κ3) is 5.69. The normalized spacial score (nSPS) is 12.0. The molecular formula is C15H28N4OS. The molecule has 0 aromatic carbocycles. The minimum absolute atomic E-state index is 0.0935. The summed E-state index contributed by atoms with van der Waals surface area (Å²) in [5.41, 5.74) is -0.330. The number of aromatic nitrogens is 3. The Morgan fingerprint density at radius 3 is 2.52 bits per heavy atom. The second-order valence-corrected chi connectivity index (χ2v) is 7.49. The van der Waals surface area contributed by atoms with Crippen molar-refractivity contribution in [2.24, 2.45) is 11.3 Å². The SMILES string of the molecule is CSc1nnc(CCCNC(=O)C(C)(C)C)n1CC(C)C. The van der Waals surface area contributed by atoms with Gasteiger partial charge in [-0.25, -0.2) is 0 Å². The maximum absolute atomic E-state index is 11.8. The van der Waals surface area contributed by atoms with Crippen molar-refractivity contribution in [3.8, 4) is 0 Å². The van der Waals surface area contributed by atoms with Crippen LogP contribution in [0.3, 0.4) is 0 Å². The van der Waals surface area contributed by atoms with Gasteiger partial charge in [0, 0.05) is 24.9 Å². The molecule has 0 bridgehead atoms. The molecule has 0 aliphatic rings. The number of amides is 1. The third-order valence-electron chi connectivity index (χ3n) is 3.07. The van der Waals surface area contributed by atoms with Gasteiger partial charge in [0.25, 0.3) is 0 Å². The van der Waals surface area contributed by atoms with Gasteiger partial charge in [0.05, 0.1) is 0 Å². The van der Waals surface area contributed by atoms with Crippen LogP contribution in [0.25, 0.3) is 0 Å². The largest absolute Gasteiger partial charge is 0.356 e. The fourth-order valence-electron chi connectivity index (χ4n) is 1.92. The van der Waals surface area contributed by atoms with Crippen LogP contribution in [-0.4, -0.2) is 33.5 Å². The molecule has 0 spiro atoms. The average molecular weight is 312 g/mol. The van der Waals surface area contributed by atoms with E-state index in [4.69, 9.17) is 0 Å². The zero-order valence-corrected chi connectivity index (χ0v) is 14.9. The average Bonchev–Trinajstić information content (AvgIpc) is 2.74. The molecule has 0 saturated carbocycles. The minimum Gasteiger partial charge on any atom is -0.356 e. The third-order valence-corrected chi connectivity index (χ3v) is 3.73. The molecular weight excluding hydrogens is 284 g/mol. The molecule has 1 rings (SSSR count). The van der Waals surface area contributed by atoms with E-state index in [1.807, 2.05) is 27.0 Å². The van der Waals surface area contributed by atoms with Crippen LogP contribution < -0.4 is 5.32 Å². The van der Waals surface area contributed by atoms with Crippen LogP contribution >= 0.6 is 11.8 Å². The van der Waals surface area contributed by atoms with Crippen LogP contribution in [0.15, 0.2) is 5.16 Å². The Hall–Kier alpha value is -1.04. The molecule has 21 heavy (non-hydrogen) atoms. The molecule has 1 amide bonds. The van der Waals surface area contributed by atoms with Crippen molar-refractivity contribution in [3.63, 3.8) is 0 Å². The van der Waals surface area contributed by atoms with Crippen molar-refractivity contribution in [2.75, 3.05) is 12.8 Å². The first kappa shape index (κ1) is 18.0. The molecule has 0 atom stereocenters. The van der Waals surface area contributed by atoms with E-state index in [1.54, 1.807) is 11.8 Å². The number of carbonyl (C=O) groups is 1. The van der Waals surface area contributed by atoms with Crippen molar-refractivity contribution in [3.05, 3.63) is 5.82 Å². The summed E-state index contributed by atoms with van der Waals surface area (Å²) in [4.78, 5) is 11.8. The molecule has 0 fully saturated rings. The predicted octanol–water partition coefficient (Wildman–Crippen LogP) is 2.75. The van der Waals surface area contributed by atoms with Crippen molar-refractivity contribution in [1.29, 1.82) is 0 Å². The summed E-state index contributed by atoms with van der Waals surface area (Å²) < 4.78 is 2.20. The summed E-state index contributed by atoms with van der Waals surface area (Å²) in [6.07, 6.45) is 3.74. The zero-order chi connectivity index (χ0) is 16.0. The first-order chi connectivity index (χ1) is 9.75. The van der Waals surface area contributed by atoms with Gasteiger partial charge < -0.3 is 9.88 Å². The molecule has 5 nitrogen and oxygen atoms in total. The van der Waals surface area contributed by atoms with Crippen molar-refractivity contribution >= 4 is 17.7 Å². The number of aryl methyl sites for hydroxylation is 1. The molecule has 1 heterocycles. The number of nitrogens with zero attached hydrogens (tertiary/aromatic N) is 3. The smallest absolute Gasteiger partial charge is 0.225 e. The van der Waals surface area contributed by atoms with E-state index >= 15 is 0 Å². The molecule has 0 aliphatic heterocycles. The monoisotopic (exact) mass is 312 g/mol. The van der Waals surface area contributed by atoms with E-state index in [0.717, 1.165) is 30.4 Å². The molecule has 120 valence electrons. The van der Waals surface area contributed by atoms with Crippen LogP contribution in [0.5, 0.6) is 0 Å². The number of hydrogen-bond donors (Lipinski definition) is 1. The Balaban J connectivity index is 2.52. The second kappa shape index (κ2) is 7.82. The van der Waals surface area contributed by atoms with E-state index in [9.17, 15) is 4.79 Å². The Labute approximate surface area is 132 Å². The minimum atomic E-state index is -0.330. The fourth-order valence-corrected chi connectivity index (χ4v) is 2.44. The summed E-state index contributed by atoms with van der Waals surface area (Å²) >= 11 is 1.63. The molecule has 0 radical (unpaired) electrons. The van der Waals surface area contributed by atoms with Crippen LogP contribution in [0, 0.1) is 11.3 Å². The lowest BCUT2D eigenvalue weighted by Gasteiger charge is -2.17. The number of thioether (sulfide) groups is 1. The highest BCUT2D eigenvalue weighted by molar-refractivity contribution is 7.98. The summed E-state index contributed by atoms with van der Waals surface area (Å²) in [5, 5.41) is 12.5. The maximum atomic E-state index is 11.8. The fraction of sp³-hybridized carbons (Fsp3) is 0.800. The molecule has 1 N–H and O–H groups in total. The van der Waals surface area contributed by atoms with Crippen molar-refractivity contribution in [2.45, 2.75) is 59.2 Å². The van der Waals surface area contributed by atoms with Crippen LogP contribution in [0.1, 0.15) is 46.9 Å². The Bertz CT molecular complexity index is 463. The Morgan fingerprint density at radius 2 is 2.00 bits per heavy atom. The van der Waals surface area contributed by atoms with Gasteiger partial charge in [-0.3, -0.25) is 4.79 Å². The first-order valence-electron chi connectivity index (χ1n) is 7.50. The van der Waals surface area contributed by atoms with Crippen LogP contribution in [0.4, 0.5) is 0 Å². The second-order valence-electron chi connectivity index (χ2n) is 6.72. The molecule has 1 aromatic heterocycles. The molecule has 6 heteroatoms. The summed E-state index contributed by atoms with van der Waals surface area (Å²) in [5.74, 6) is 1.67. The highest BCUT2D eigenvalue weighted by Gasteiger charge is 2.20. The van der Waals surface area contributed by atoms with Gasteiger partial charge >= 0.3 is 0 Å². The highest BCUT2D eigenvalue weighted by atomic mass is 32.2. The van der Waals surface area contributed by atoms with Gasteiger partial charge in [-0.1, -0.05) is 46.4 Å². The van der Waals surface area contributed by atoms with E-state index in [1.165, 1.54) is 0 Å². The molecule has 0 unspecified atom stereocenters. The maximum Gasteiger partial charge on any atom is 0.225 e. The lowest BCUT2D eigenvalue weighted by atomic mass is 9.96. The summed E-state index contributed by atoms with van der Waals surface area (Å²) in [6.45, 7) is 11.8. The quantitative estimate of drug-likeness (QED) is 0.621. The van der Waals surface area contributed by atoms with E-state index < -0.39 is 0 Å². The van der Waals surface area contributed by atoms with E-state index in [2.05, 4.69) is 33.9 Å². The number of rotatable bonds is 7. The lowest BCUT2D eigenvalue weighted by molar-refractivity contribution is -0.128. The van der Waals surface area contributed by atoms with Gasteiger partial charge in [0.2, 0.25) is 5.91 Å². The number of nitrogens with one attached hydrogen (secondary N) is 1. The van der Waals surface area contributed by atoms with E-state index in [-0.39, 0.29) is 11.3 Å². The lowest BCUT2D eigenvalue weighted by Crippen LogP contribution is -2.35. The van der Waals surface area contributed by atoms with E-state index in [0.29, 0.717) is 12.5 Å². The molecule has 0 aliphatic carbocycles. The van der Waals surface area contributed by atoms with Crippen molar-refractivity contribution in [1.82, 2.24) is 20.1 Å². The van der Waals surface area contributed by atoms with Crippen LogP contribution in [-0.2, 0) is 17.8 Å². The number of carbonyl (C=O) groups excluding carboxylic acids is 1. The highest BCUT2D eigenvalue weighted by Crippen LogP contribution is 2.17. The number of hydrogen-bond acceptors (Lipinski definition) is 4. The Kier molecular flexibility index (Phi) is 6.71. The van der Waals surface area contributed by atoms with Gasteiger partial charge in [0.1, 0.15) is 5.82 Å². The van der Waals surface area contributed by atoms with Crippen LogP contribution in [0.2, 0.25) is 0 Å². The standard InChI is InChI=1S/C15H28N4OS/c1-11(2)10-19-12(17-18-14(19)21-6)8-7-9-16-13(20)15(3,4)5/h11H,7-10H2,1-6H3,(H,16,20). The zero-order valence-electron chi connectivity index (χ0n) is 14.1. The summed E-state index contributed by atoms with van der Waals surface area (Å²) in [7, 11) is 0. The summed E-state index contributed by atoms with van der Waals surface area (Å²) in [6, 6.07) is 0.